The minimum absolute atomic E-state index is 0.000713. The molecule has 2 atom stereocenters. The number of carbonyl (C=O) groups is 3. The van der Waals surface area contributed by atoms with Crippen molar-refractivity contribution in [2.24, 2.45) is 5.92 Å². The van der Waals surface area contributed by atoms with Crippen molar-refractivity contribution in [3.05, 3.63) is 59.7 Å². The molecular weight excluding hydrogens is 436 g/mol. The quantitative estimate of drug-likeness (QED) is 0.523. The highest BCUT2D eigenvalue weighted by atomic mass is 16.5. The molecule has 2 aliphatic carbocycles. The smallest absolute Gasteiger partial charge is 0.407 e. The van der Waals surface area contributed by atoms with Gasteiger partial charge in [-0.25, -0.2) is 4.79 Å². The van der Waals surface area contributed by atoms with E-state index in [-0.39, 0.29) is 50.0 Å². The Bertz CT molecular complexity index is 1010. The molecule has 2 aliphatic rings. The lowest BCUT2D eigenvalue weighted by molar-refractivity contribution is -0.145. The number of alkyl carbamates (subject to hydrolysis) is 1. The molecule has 0 aromatic heterocycles. The molecule has 0 unspecified atom stereocenters. The standard InChI is InChI=1S/C26H30N2O6/c29-12-11-28(15-25(31)32)24(30)14-17-9-10-18(13-17)27-26(33)34-16-23-21-7-3-1-5-19(21)20-6-2-4-8-22(20)23/h1-8,17-18,23,29H,9-16H2,(H,27,33)(H,31,32)/t17-,18+/m0/s1. The van der Waals surface area contributed by atoms with Gasteiger partial charge in [0.2, 0.25) is 5.91 Å². The Morgan fingerprint density at radius 3 is 2.26 bits per heavy atom. The average molecular weight is 467 g/mol. The van der Waals surface area contributed by atoms with Crippen LogP contribution in [0.15, 0.2) is 48.5 Å². The van der Waals surface area contributed by atoms with Crippen molar-refractivity contribution in [1.82, 2.24) is 10.2 Å². The van der Waals surface area contributed by atoms with E-state index in [2.05, 4.69) is 29.6 Å². The Kier molecular flexibility index (Phi) is 7.47. The summed E-state index contributed by atoms with van der Waals surface area (Å²) < 4.78 is 5.61. The Balaban J connectivity index is 1.27. The Labute approximate surface area is 198 Å². The van der Waals surface area contributed by atoms with E-state index >= 15 is 0 Å². The second kappa shape index (κ2) is 10.7. The first kappa shape index (κ1) is 23.8. The molecule has 2 aromatic carbocycles. The topological polar surface area (TPSA) is 116 Å². The number of amides is 2. The van der Waals surface area contributed by atoms with Crippen molar-refractivity contribution in [3.8, 4) is 11.1 Å². The minimum Gasteiger partial charge on any atom is -0.480 e. The van der Waals surface area contributed by atoms with E-state index in [1.54, 1.807) is 0 Å². The second-order valence-electron chi connectivity index (χ2n) is 8.98. The van der Waals surface area contributed by atoms with E-state index in [1.165, 1.54) is 11.1 Å². The normalized spacial score (nSPS) is 18.7. The monoisotopic (exact) mass is 466 g/mol. The van der Waals surface area contributed by atoms with Crippen LogP contribution in [0.3, 0.4) is 0 Å². The van der Waals surface area contributed by atoms with Gasteiger partial charge in [-0.15, -0.1) is 0 Å². The van der Waals surface area contributed by atoms with E-state index in [0.717, 1.165) is 28.9 Å². The number of nitrogens with one attached hydrogen (secondary N) is 1. The molecule has 0 aliphatic heterocycles. The van der Waals surface area contributed by atoms with Crippen LogP contribution < -0.4 is 5.32 Å². The molecule has 3 N–H and O–H groups in total. The van der Waals surface area contributed by atoms with Crippen molar-refractivity contribution >= 4 is 18.0 Å². The van der Waals surface area contributed by atoms with Crippen LogP contribution in [0.1, 0.15) is 42.7 Å². The van der Waals surface area contributed by atoms with Gasteiger partial charge in [0, 0.05) is 24.9 Å². The summed E-state index contributed by atoms with van der Waals surface area (Å²) in [5, 5.41) is 21.0. The SMILES string of the molecule is O=C(O)CN(CCO)C(=O)C[C@H]1CC[C@@H](NC(=O)OCC2c3ccccc3-c3ccccc32)C1. The summed E-state index contributed by atoms with van der Waals surface area (Å²) in [5.41, 5.74) is 4.66. The van der Waals surface area contributed by atoms with Crippen molar-refractivity contribution in [1.29, 1.82) is 0 Å². The number of hydrogen-bond donors (Lipinski definition) is 3. The van der Waals surface area contributed by atoms with Crippen LogP contribution in [0, 0.1) is 5.92 Å². The lowest BCUT2D eigenvalue weighted by Crippen LogP contribution is -2.38. The molecule has 180 valence electrons. The summed E-state index contributed by atoms with van der Waals surface area (Å²) in [6, 6.07) is 16.3. The molecule has 0 spiro atoms. The first-order valence-corrected chi connectivity index (χ1v) is 11.7. The van der Waals surface area contributed by atoms with Crippen LogP contribution >= 0.6 is 0 Å². The molecule has 4 rings (SSSR count). The summed E-state index contributed by atoms with van der Waals surface area (Å²) in [4.78, 5) is 37.1. The fourth-order valence-electron chi connectivity index (χ4n) is 5.15. The Morgan fingerprint density at radius 2 is 1.65 bits per heavy atom. The van der Waals surface area contributed by atoms with Gasteiger partial charge >= 0.3 is 12.1 Å². The predicted octanol–water partition coefficient (Wildman–Crippen LogP) is 2.99. The number of nitrogens with zero attached hydrogens (tertiary/aromatic N) is 1. The summed E-state index contributed by atoms with van der Waals surface area (Å²) in [6.45, 7) is -0.456. The van der Waals surface area contributed by atoms with E-state index < -0.39 is 18.6 Å². The minimum atomic E-state index is -1.11. The molecule has 34 heavy (non-hydrogen) atoms. The molecule has 2 aromatic rings. The van der Waals surface area contributed by atoms with Crippen LogP contribution in [-0.4, -0.2) is 65.4 Å². The van der Waals surface area contributed by atoms with Crippen LogP contribution in [0.2, 0.25) is 0 Å². The van der Waals surface area contributed by atoms with Crippen LogP contribution in [-0.2, 0) is 14.3 Å². The summed E-state index contributed by atoms with van der Waals surface area (Å²) in [5.74, 6) is -1.34. The Hall–Kier alpha value is -3.39. The number of hydrogen-bond acceptors (Lipinski definition) is 5. The highest BCUT2D eigenvalue weighted by Crippen LogP contribution is 2.44. The van der Waals surface area contributed by atoms with E-state index in [1.807, 2.05) is 24.3 Å². The summed E-state index contributed by atoms with van der Waals surface area (Å²) in [6.07, 6.45) is 1.87. The maximum Gasteiger partial charge on any atom is 0.407 e. The number of fused-ring (bicyclic) bond motifs is 3. The summed E-state index contributed by atoms with van der Waals surface area (Å²) in [7, 11) is 0. The first-order chi connectivity index (χ1) is 16.5. The van der Waals surface area contributed by atoms with Gasteiger partial charge in [0.15, 0.2) is 0 Å². The molecule has 2 amide bonds. The third-order valence-corrected chi connectivity index (χ3v) is 6.72. The first-order valence-electron chi connectivity index (χ1n) is 11.7. The van der Waals surface area contributed by atoms with E-state index in [0.29, 0.717) is 6.42 Å². The summed E-state index contributed by atoms with van der Waals surface area (Å²) >= 11 is 0. The third-order valence-electron chi connectivity index (χ3n) is 6.72. The molecule has 1 fully saturated rings. The molecule has 8 nitrogen and oxygen atoms in total. The molecule has 8 heteroatoms. The number of benzene rings is 2. The predicted molar refractivity (Wildman–Crippen MR) is 125 cm³/mol. The van der Waals surface area contributed by atoms with Gasteiger partial charge in [0.1, 0.15) is 13.2 Å². The van der Waals surface area contributed by atoms with Gasteiger partial charge in [0.05, 0.1) is 6.61 Å². The van der Waals surface area contributed by atoms with Crippen molar-refractivity contribution in [2.75, 3.05) is 26.3 Å². The van der Waals surface area contributed by atoms with Gasteiger partial charge in [0.25, 0.3) is 0 Å². The van der Waals surface area contributed by atoms with Crippen molar-refractivity contribution in [2.45, 2.75) is 37.6 Å². The fraction of sp³-hybridized carbons (Fsp3) is 0.423. The fourth-order valence-corrected chi connectivity index (χ4v) is 5.15. The lowest BCUT2D eigenvalue weighted by Gasteiger charge is -2.21. The van der Waals surface area contributed by atoms with Gasteiger partial charge in [-0.3, -0.25) is 9.59 Å². The zero-order chi connectivity index (χ0) is 24.1. The van der Waals surface area contributed by atoms with E-state index in [9.17, 15) is 14.4 Å². The molecule has 0 saturated heterocycles. The van der Waals surface area contributed by atoms with Gasteiger partial charge < -0.3 is 25.2 Å². The number of carboxylic acid groups (broad SMARTS) is 1. The zero-order valence-electron chi connectivity index (χ0n) is 19.0. The highest BCUT2D eigenvalue weighted by molar-refractivity contribution is 5.81. The number of aliphatic hydroxyl groups excluding tert-OH is 1. The maximum atomic E-state index is 12.5. The number of aliphatic carboxylic acids is 1. The largest absolute Gasteiger partial charge is 0.480 e. The Morgan fingerprint density at radius 1 is 1.00 bits per heavy atom. The second-order valence-corrected chi connectivity index (χ2v) is 8.98. The number of aliphatic hydroxyl groups is 1. The number of carboxylic acids is 1. The number of carbonyl (C=O) groups excluding carboxylic acids is 2. The molecule has 1 saturated carbocycles. The molecule has 0 heterocycles. The van der Waals surface area contributed by atoms with Crippen molar-refractivity contribution < 1.29 is 29.3 Å². The van der Waals surface area contributed by atoms with Gasteiger partial charge in [-0.05, 0) is 47.4 Å². The van der Waals surface area contributed by atoms with Crippen LogP contribution in [0.5, 0.6) is 0 Å². The van der Waals surface area contributed by atoms with Crippen LogP contribution in [0.25, 0.3) is 11.1 Å². The van der Waals surface area contributed by atoms with Crippen molar-refractivity contribution in [3.63, 3.8) is 0 Å². The molecule has 0 bridgehead atoms. The number of rotatable bonds is 9. The zero-order valence-corrected chi connectivity index (χ0v) is 19.0. The maximum absolute atomic E-state index is 12.5. The van der Waals surface area contributed by atoms with E-state index in [4.69, 9.17) is 14.9 Å². The van der Waals surface area contributed by atoms with Gasteiger partial charge in [-0.2, -0.15) is 0 Å². The molecule has 0 radical (unpaired) electrons. The average Bonchev–Trinajstić information content (AvgIpc) is 3.39. The third kappa shape index (κ3) is 5.39. The molecular formula is C26H30N2O6. The lowest BCUT2D eigenvalue weighted by atomic mass is 9.98. The van der Waals surface area contributed by atoms with Gasteiger partial charge in [-0.1, -0.05) is 48.5 Å². The highest BCUT2D eigenvalue weighted by Gasteiger charge is 2.31. The van der Waals surface area contributed by atoms with Crippen LogP contribution in [0.4, 0.5) is 4.79 Å². The number of ether oxygens (including phenoxy) is 1.